The molecule has 2 nitrogen and oxygen atoms in total. The lowest BCUT2D eigenvalue weighted by molar-refractivity contribution is 0.448. The van der Waals surface area contributed by atoms with Gasteiger partial charge >= 0.3 is 0 Å². The molecule has 0 heterocycles. The van der Waals surface area contributed by atoms with Crippen LogP contribution in [-0.4, -0.2) is 6.16 Å². The molecule has 0 radical (unpaired) electrons. The van der Waals surface area contributed by atoms with Gasteiger partial charge < -0.3 is 4.52 Å². The van der Waals surface area contributed by atoms with Gasteiger partial charge in [0.2, 0.25) is 0 Å². The van der Waals surface area contributed by atoms with Crippen LogP contribution in [0.2, 0.25) is 0 Å². The molecule has 2 rings (SSSR count). The van der Waals surface area contributed by atoms with Crippen molar-refractivity contribution in [3.8, 4) is 0 Å². The molecule has 1 atom stereocenters. The highest BCUT2D eigenvalue weighted by molar-refractivity contribution is 7.62. The van der Waals surface area contributed by atoms with E-state index in [1.165, 1.54) is 25.7 Å². The molecule has 0 aliphatic rings. The van der Waals surface area contributed by atoms with Gasteiger partial charge in [0.25, 0.3) is 7.37 Å². The molecule has 144 valence electrons. The van der Waals surface area contributed by atoms with Crippen LogP contribution in [0.25, 0.3) is 12.2 Å². The van der Waals surface area contributed by atoms with Crippen molar-refractivity contribution in [1.82, 2.24) is 0 Å². The van der Waals surface area contributed by atoms with E-state index in [9.17, 15) is 4.57 Å². The first-order chi connectivity index (χ1) is 13.2. The van der Waals surface area contributed by atoms with E-state index < -0.39 is 7.37 Å². The number of unbranched alkanes of at least 4 members (excludes halogenated alkanes) is 5. The summed E-state index contributed by atoms with van der Waals surface area (Å²) in [5.74, 6) is 1.77. The Labute approximate surface area is 164 Å². The van der Waals surface area contributed by atoms with Crippen molar-refractivity contribution in [3.63, 3.8) is 0 Å². The lowest BCUT2D eigenvalue weighted by Gasteiger charge is -2.13. The quantitative estimate of drug-likeness (QED) is 0.211. The van der Waals surface area contributed by atoms with Crippen LogP contribution in [0.5, 0.6) is 0 Å². The zero-order valence-corrected chi connectivity index (χ0v) is 17.2. The summed E-state index contributed by atoms with van der Waals surface area (Å²) in [6.07, 6.45) is 13.0. The third-order valence-electron chi connectivity index (χ3n) is 4.42. The first-order valence-electron chi connectivity index (χ1n) is 9.95. The highest BCUT2D eigenvalue weighted by atomic mass is 31.2. The molecule has 0 fully saturated rings. The van der Waals surface area contributed by atoms with Crippen molar-refractivity contribution in [1.29, 1.82) is 0 Å². The van der Waals surface area contributed by atoms with E-state index in [-0.39, 0.29) is 0 Å². The lowest BCUT2D eigenvalue weighted by Crippen LogP contribution is -1.90. The predicted octanol–water partition coefficient (Wildman–Crippen LogP) is 7.98. The van der Waals surface area contributed by atoms with E-state index in [4.69, 9.17) is 4.52 Å². The minimum Gasteiger partial charge on any atom is -0.448 e. The second-order valence-corrected chi connectivity index (χ2v) is 9.17. The first kappa shape index (κ1) is 21.3. The Morgan fingerprint density at radius 1 is 0.778 bits per heavy atom. The maximum atomic E-state index is 13.3. The van der Waals surface area contributed by atoms with Crippen LogP contribution in [0.4, 0.5) is 0 Å². The predicted molar refractivity (Wildman–Crippen MR) is 118 cm³/mol. The van der Waals surface area contributed by atoms with Crippen LogP contribution >= 0.6 is 7.37 Å². The highest BCUT2D eigenvalue weighted by Gasteiger charge is 2.18. The smallest absolute Gasteiger partial charge is 0.269 e. The topological polar surface area (TPSA) is 26.3 Å². The standard InChI is InChI=1S/C24H31O2P/c1-2-3-4-5-6-13-21-27(25,22-19-24-16-11-8-12-17-24)26-20-18-23-14-9-7-10-15-23/h7-12,14-20,22H,2-6,13,21H2,1H3. The Kier molecular flexibility index (Phi) is 9.73. The maximum Gasteiger partial charge on any atom is 0.269 e. The van der Waals surface area contributed by atoms with Gasteiger partial charge in [0.05, 0.1) is 6.26 Å². The molecule has 2 aromatic rings. The van der Waals surface area contributed by atoms with E-state index in [1.54, 1.807) is 12.1 Å². The van der Waals surface area contributed by atoms with Crippen molar-refractivity contribution >= 4 is 19.5 Å². The fraction of sp³-hybridized carbons (Fsp3) is 0.333. The summed E-state index contributed by atoms with van der Waals surface area (Å²) < 4.78 is 19.1. The SMILES string of the molecule is CCCCCCCCP(=O)(C=Cc1ccccc1)OC=Cc1ccccc1. The largest absolute Gasteiger partial charge is 0.448 e. The summed E-state index contributed by atoms with van der Waals surface area (Å²) in [5, 5.41) is 0. The normalized spacial score (nSPS) is 13.8. The molecule has 1 unspecified atom stereocenters. The Morgan fingerprint density at radius 2 is 1.33 bits per heavy atom. The van der Waals surface area contributed by atoms with Crippen molar-refractivity contribution in [2.45, 2.75) is 45.4 Å². The molecular weight excluding hydrogens is 351 g/mol. The number of hydrogen-bond acceptors (Lipinski definition) is 2. The summed E-state index contributed by atoms with van der Waals surface area (Å²) in [5.41, 5.74) is 2.08. The molecular formula is C24H31O2P. The van der Waals surface area contributed by atoms with Gasteiger partial charge in [0.1, 0.15) is 0 Å². The van der Waals surface area contributed by atoms with Crippen molar-refractivity contribution < 1.29 is 9.09 Å². The van der Waals surface area contributed by atoms with Crippen LogP contribution < -0.4 is 0 Å². The minimum atomic E-state index is -2.84. The first-order valence-corrected chi connectivity index (χ1v) is 11.8. The summed E-state index contributed by atoms with van der Waals surface area (Å²) in [6.45, 7) is 2.22. The van der Waals surface area contributed by atoms with E-state index in [2.05, 4.69) is 6.92 Å². The molecule has 0 saturated heterocycles. The van der Waals surface area contributed by atoms with Gasteiger partial charge in [0.15, 0.2) is 0 Å². The fourth-order valence-corrected chi connectivity index (χ4v) is 4.47. The van der Waals surface area contributed by atoms with E-state index in [0.29, 0.717) is 6.16 Å². The summed E-state index contributed by atoms with van der Waals surface area (Å²) >= 11 is 0. The number of rotatable bonds is 12. The second-order valence-electron chi connectivity index (χ2n) is 6.76. The average molecular weight is 382 g/mol. The Morgan fingerprint density at radius 3 is 1.96 bits per heavy atom. The zero-order chi connectivity index (χ0) is 19.2. The molecule has 3 heteroatoms. The van der Waals surface area contributed by atoms with E-state index >= 15 is 0 Å². The van der Waals surface area contributed by atoms with Gasteiger partial charge in [-0.25, -0.2) is 0 Å². The van der Waals surface area contributed by atoms with Gasteiger partial charge in [-0.2, -0.15) is 0 Å². The Bertz CT molecular complexity index is 735. The third kappa shape index (κ3) is 8.93. The fourth-order valence-electron chi connectivity index (χ4n) is 2.81. The molecule has 0 N–H and O–H groups in total. The zero-order valence-electron chi connectivity index (χ0n) is 16.3. The Hall–Kier alpha value is -2.05. The number of benzene rings is 2. The van der Waals surface area contributed by atoms with Gasteiger partial charge in [-0.05, 0) is 29.7 Å². The van der Waals surface area contributed by atoms with Crippen LogP contribution in [0.1, 0.15) is 56.6 Å². The van der Waals surface area contributed by atoms with E-state index in [1.807, 2.05) is 72.8 Å². The van der Waals surface area contributed by atoms with Gasteiger partial charge in [-0.3, -0.25) is 4.57 Å². The lowest BCUT2D eigenvalue weighted by atomic mass is 10.1. The molecule has 27 heavy (non-hydrogen) atoms. The highest BCUT2D eigenvalue weighted by Crippen LogP contribution is 2.50. The van der Waals surface area contributed by atoms with Crippen molar-refractivity contribution in [2.24, 2.45) is 0 Å². The molecule has 2 aromatic carbocycles. The molecule has 0 aliphatic carbocycles. The van der Waals surface area contributed by atoms with E-state index in [0.717, 1.165) is 24.0 Å². The van der Waals surface area contributed by atoms with Crippen LogP contribution in [0.3, 0.4) is 0 Å². The van der Waals surface area contributed by atoms with Gasteiger partial charge in [0, 0.05) is 12.0 Å². The maximum absolute atomic E-state index is 13.3. The third-order valence-corrected chi connectivity index (χ3v) is 6.44. The van der Waals surface area contributed by atoms with Crippen LogP contribution in [0, 0.1) is 0 Å². The van der Waals surface area contributed by atoms with Crippen LogP contribution in [-0.2, 0) is 9.09 Å². The van der Waals surface area contributed by atoms with Crippen molar-refractivity contribution in [3.05, 3.63) is 83.9 Å². The minimum absolute atomic E-state index is 0.585. The Balaban J connectivity index is 1.97. The molecule has 0 amide bonds. The van der Waals surface area contributed by atoms with Gasteiger partial charge in [-0.1, -0.05) is 99.7 Å². The average Bonchev–Trinajstić information content (AvgIpc) is 2.71. The molecule has 0 spiro atoms. The summed E-state index contributed by atoms with van der Waals surface area (Å²) in [4.78, 5) is 0. The molecule has 0 bridgehead atoms. The second kappa shape index (κ2) is 12.4. The van der Waals surface area contributed by atoms with Gasteiger partial charge in [-0.15, -0.1) is 0 Å². The van der Waals surface area contributed by atoms with Crippen LogP contribution in [0.15, 0.2) is 72.7 Å². The number of hydrogen-bond donors (Lipinski definition) is 0. The monoisotopic (exact) mass is 382 g/mol. The molecule has 0 aliphatic heterocycles. The summed E-state index contributed by atoms with van der Waals surface area (Å²) in [7, 11) is -2.84. The summed E-state index contributed by atoms with van der Waals surface area (Å²) in [6, 6.07) is 19.9. The molecule has 0 aromatic heterocycles. The molecule has 0 saturated carbocycles. The van der Waals surface area contributed by atoms with Crippen molar-refractivity contribution in [2.75, 3.05) is 6.16 Å².